The minimum absolute atomic E-state index is 0.00343. The Balaban J connectivity index is 1.98. The quantitative estimate of drug-likeness (QED) is 0.725. The molecule has 0 spiro atoms. The van der Waals surface area contributed by atoms with Crippen LogP contribution in [0, 0.1) is 5.82 Å². The Hall–Kier alpha value is -3.42. The van der Waals surface area contributed by atoms with E-state index in [0.717, 1.165) is 0 Å². The molecule has 0 aliphatic carbocycles. The molecule has 2 N–H and O–H groups in total. The monoisotopic (exact) mass is 402 g/mol. The Morgan fingerprint density at radius 1 is 1.03 bits per heavy atom. The molecule has 2 aromatic rings. The topological polar surface area (TPSA) is 95.9 Å². The normalized spacial score (nSPS) is 10.9. The van der Waals surface area contributed by atoms with Gasteiger partial charge in [0.2, 0.25) is 5.91 Å². The molecule has 0 saturated carbocycles. The van der Waals surface area contributed by atoms with Crippen LogP contribution >= 0.6 is 0 Å². The van der Waals surface area contributed by atoms with Crippen LogP contribution in [0.25, 0.3) is 0 Å². The van der Waals surface area contributed by atoms with Crippen LogP contribution in [0.5, 0.6) is 5.75 Å². The van der Waals surface area contributed by atoms with Gasteiger partial charge in [-0.1, -0.05) is 0 Å². The molecule has 0 radical (unpaired) electrons. The summed E-state index contributed by atoms with van der Waals surface area (Å²) in [6, 6.07) is 10.7. The van der Waals surface area contributed by atoms with Gasteiger partial charge in [0.25, 0.3) is 5.91 Å². The van der Waals surface area contributed by atoms with E-state index in [1.807, 2.05) is 0 Å². The molecule has 7 nitrogen and oxygen atoms in total. The van der Waals surface area contributed by atoms with Gasteiger partial charge in [0.15, 0.2) is 6.61 Å². The van der Waals surface area contributed by atoms with Gasteiger partial charge in [0, 0.05) is 11.2 Å². The van der Waals surface area contributed by atoms with Crippen LogP contribution in [0.1, 0.15) is 31.1 Å². The Labute approximate surface area is 168 Å². The fourth-order valence-electron chi connectivity index (χ4n) is 2.46. The molecular formula is C21H23FN2O5. The largest absolute Gasteiger partial charge is 0.508 e. The number of carbonyl (C=O) groups is 3. The number of nitrogens with one attached hydrogen (secondary N) is 1. The molecule has 154 valence electrons. The molecule has 0 saturated heterocycles. The molecule has 0 heterocycles. The number of benzene rings is 2. The molecule has 0 atom stereocenters. The Bertz CT molecular complexity index is 873. The highest BCUT2D eigenvalue weighted by molar-refractivity contribution is 5.95. The van der Waals surface area contributed by atoms with Crippen molar-refractivity contribution in [1.82, 2.24) is 4.90 Å². The molecule has 2 aromatic carbocycles. The lowest BCUT2D eigenvalue weighted by molar-refractivity contribution is -0.142. The fraction of sp³-hybridized carbons (Fsp3) is 0.286. The number of phenols is 1. The Morgan fingerprint density at radius 2 is 1.62 bits per heavy atom. The van der Waals surface area contributed by atoms with Crippen LogP contribution in [0.15, 0.2) is 48.5 Å². The highest BCUT2D eigenvalue weighted by Gasteiger charge is 2.29. The first kappa shape index (κ1) is 21.9. The summed E-state index contributed by atoms with van der Waals surface area (Å²) in [7, 11) is 0. The van der Waals surface area contributed by atoms with E-state index in [1.54, 1.807) is 20.8 Å². The standard InChI is InChI=1S/C21H23FN2O5/c1-21(2,3)24(12-18(26)23-16-8-6-15(22)7-9-16)19(27)13-29-20(28)14-4-10-17(25)11-5-14/h4-11,25H,12-13H2,1-3H3,(H,23,26). The number of nitrogens with zero attached hydrogens (tertiary/aromatic N) is 1. The van der Waals surface area contributed by atoms with Gasteiger partial charge in [-0.25, -0.2) is 9.18 Å². The van der Waals surface area contributed by atoms with Crippen molar-refractivity contribution in [3.8, 4) is 5.75 Å². The summed E-state index contributed by atoms with van der Waals surface area (Å²) in [4.78, 5) is 38.2. The third-order valence-electron chi connectivity index (χ3n) is 3.97. The fourth-order valence-corrected chi connectivity index (χ4v) is 2.46. The highest BCUT2D eigenvalue weighted by Crippen LogP contribution is 2.16. The zero-order chi connectivity index (χ0) is 21.6. The van der Waals surface area contributed by atoms with E-state index in [4.69, 9.17) is 4.74 Å². The average molecular weight is 402 g/mol. The maximum atomic E-state index is 13.0. The van der Waals surface area contributed by atoms with Crippen molar-refractivity contribution in [2.45, 2.75) is 26.3 Å². The van der Waals surface area contributed by atoms with Crippen molar-refractivity contribution in [2.24, 2.45) is 0 Å². The first-order valence-electron chi connectivity index (χ1n) is 8.88. The molecule has 0 aromatic heterocycles. The van der Waals surface area contributed by atoms with Crippen molar-refractivity contribution in [1.29, 1.82) is 0 Å². The van der Waals surface area contributed by atoms with Gasteiger partial charge in [-0.3, -0.25) is 9.59 Å². The number of esters is 1. The molecule has 29 heavy (non-hydrogen) atoms. The first-order valence-corrected chi connectivity index (χ1v) is 8.88. The SMILES string of the molecule is CC(C)(C)N(CC(=O)Nc1ccc(F)cc1)C(=O)COC(=O)c1ccc(O)cc1. The predicted molar refractivity (Wildman–Crippen MR) is 105 cm³/mol. The number of phenolic OH excluding ortho intramolecular Hbond substituents is 1. The summed E-state index contributed by atoms with van der Waals surface area (Å²) < 4.78 is 18.0. The van der Waals surface area contributed by atoms with Gasteiger partial charge >= 0.3 is 5.97 Å². The minimum atomic E-state index is -0.719. The van der Waals surface area contributed by atoms with E-state index < -0.39 is 35.7 Å². The van der Waals surface area contributed by atoms with Crippen LogP contribution < -0.4 is 5.32 Å². The number of anilines is 1. The van der Waals surface area contributed by atoms with Crippen molar-refractivity contribution in [3.63, 3.8) is 0 Å². The predicted octanol–water partition coefficient (Wildman–Crippen LogP) is 2.95. The lowest BCUT2D eigenvalue weighted by Crippen LogP contribution is -2.50. The summed E-state index contributed by atoms with van der Waals surface area (Å²) in [6.45, 7) is 4.44. The third-order valence-corrected chi connectivity index (χ3v) is 3.97. The number of ether oxygens (including phenoxy) is 1. The summed E-state index contributed by atoms with van der Waals surface area (Å²) in [5, 5.41) is 11.8. The van der Waals surface area contributed by atoms with Gasteiger partial charge in [-0.05, 0) is 69.3 Å². The number of hydrogen-bond donors (Lipinski definition) is 2. The summed E-state index contributed by atoms with van der Waals surface area (Å²) in [6.07, 6.45) is 0. The van der Waals surface area contributed by atoms with Crippen LogP contribution in [-0.4, -0.2) is 46.5 Å². The molecule has 0 aliphatic heterocycles. The maximum Gasteiger partial charge on any atom is 0.338 e. The van der Waals surface area contributed by atoms with E-state index in [-0.39, 0.29) is 17.9 Å². The van der Waals surface area contributed by atoms with Crippen LogP contribution in [0.2, 0.25) is 0 Å². The lowest BCUT2D eigenvalue weighted by atomic mass is 10.1. The maximum absolute atomic E-state index is 13.0. The molecular weight excluding hydrogens is 379 g/mol. The second kappa shape index (κ2) is 9.18. The Morgan fingerprint density at radius 3 is 2.17 bits per heavy atom. The van der Waals surface area contributed by atoms with Gasteiger partial charge in [-0.2, -0.15) is 0 Å². The van der Waals surface area contributed by atoms with Crippen molar-refractivity contribution >= 4 is 23.5 Å². The Kier molecular flexibility index (Phi) is 6.93. The molecule has 0 bridgehead atoms. The number of amides is 2. The summed E-state index contributed by atoms with van der Waals surface area (Å²) >= 11 is 0. The van der Waals surface area contributed by atoms with Crippen molar-refractivity contribution < 1.29 is 28.6 Å². The van der Waals surface area contributed by atoms with Crippen LogP contribution in [0.3, 0.4) is 0 Å². The van der Waals surface area contributed by atoms with Gasteiger partial charge in [0.05, 0.1) is 5.56 Å². The number of aromatic hydroxyl groups is 1. The molecule has 0 unspecified atom stereocenters. The molecule has 2 amide bonds. The molecule has 0 fully saturated rings. The number of hydrogen-bond acceptors (Lipinski definition) is 5. The first-order chi connectivity index (χ1) is 13.6. The zero-order valence-corrected chi connectivity index (χ0v) is 16.4. The second-order valence-electron chi connectivity index (χ2n) is 7.33. The van der Waals surface area contributed by atoms with E-state index in [0.29, 0.717) is 5.69 Å². The number of halogens is 1. The van der Waals surface area contributed by atoms with Crippen LogP contribution in [-0.2, 0) is 14.3 Å². The number of rotatable bonds is 6. The van der Waals surface area contributed by atoms with Gasteiger partial charge in [0.1, 0.15) is 18.1 Å². The third kappa shape index (κ3) is 6.60. The molecule has 8 heteroatoms. The van der Waals surface area contributed by atoms with E-state index >= 15 is 0 Å². The number of carbonyl (C=O) groups excluding carboxylic acids is 3. The zero-order valence-electron chi connectivity index (χ0n) is 16.4. The smallest absolute Gasteiger partial charge is 0.338 e. The average Bonchev–Trinajstić information content (AvgIpc) is 2.65. The van der Waals surface area contributed by atoms with Crippen molar-refractivity contribution in [3.05, 3.63) is 59.9 Å². The lowest BCUT2D eigenvalue weighted by Gasteiger charge is -2.35. The highest BCUT2D eigenvalue weighted by atomic mass is 19.1. The summed E-state index contributed by atoms with van der Waals surface area (Å²) in [5.74, 6) is -2.15. The minimum Gasteiger partial charge on any atom is -0.508 e. The van der Waals surface area contributed by atoms with E-state index in [9.17, 15) is 23.9 Å². The summed E-state index contributed by atoms with van der Waals surface area (Å²) in [5.41, 5.74) is -0.120. The van der Waals surface area contributed by atoms with Crippen LogP contribution in [0.4, 0.5) is 10.1 Å². The van der Waals surface area contributed by atoms with E-state index in [2.05, 4.69) is 5.32 Å². The second-order valence-corrected chi connectivity index (χ2v) is 7.33. The van der Waals surface area contributed by atoms with Gasteiger partial charge in [-0.15, -0.1) is 0 Å². The van der Waals surface area contributed by atoms with Crippen molar-refractivity contribution in [2.75, 3.05) is 18.5 Å². The molecule has 0 aliphatic rings. The van der Waals surface area contributed by atoms with Gasteiger partial charge < -0.3 is 20.1 Å². The van der Waals surface area contributed by atoms with E-state index in [1.165, 1.54) is 53.4 Å². The molecule has 2 rings (SSSR count).